The van der Waals surface area contributed by atoms with Crippen molar-refractivity contribution in [3.63, 3.8) is 0 Å². The summed E-state index contributed by atoms with van der Waals surface area (Å²) >= 11 is 1.50. The highest BCUT2D eigenvalue weighted by atomic mass is 32.2. The number of hydrogen-bond acceptors (Lipinski definition) is 3. The summed E-state index contributed by atoms with van der Waals surface area (Å²) in [6.07, 6.45) is 0.697. The number of nitrogens with one attached hydrogen (secondary N) is 2. The second kappa shape index (κ2) is 10.1. The molecule has 0 saturated heterocycles. The van der Waals surface area contributed by atoms with E-state index in [0.717, 1.165) is 21.7 Å². The predicted molar refractivity (Wildman–Crippen MR) is 125 cm³/mol. The molecule has 0 radical (unpaired) electrons. The molecule has 3 rings (SSSR count). The van der Waals surface area contributed by atoms with Crippen LogP contribution in [-0.2, 0) is 4.79 Å². The van der Waals surface area contributed by atoms with Gasteiger partial charge in [0.2, 0.25) is 5.91 Å². The fourth-order valence-corrected chi connectivity index (χ4v) is 4.12. The van der Waals surface area contributed by atoms with Crippen LogP contribution in [0.1, 0.15) is 34.8 Å². The van der Waals surface area contributed by atoms with Crippen LogP contribution < -0.4 is 10.6 Å². The van der Waals surface area contributed by atoms with E-state index in [-0.39, 0.29) is 17.1 Å². The Balaban J connectivity index is 1.67. The summed E-state index contributed by atoms with van der Waals surface area (Å²) < 4.78 is 0. The highest BCUT2D eigenvalue weighted by Crippen LogP contribution is 2.29. The van der Waals surface area contributed by atoms with Crippen molar-refractivity contribution in [2.24, 2.45) is 0 Å². The second-order valence-electron chi connectivity index (χ2n) is 7.17. The number of carbonyl (C=O) groups excluding carboxylic acids is 2. The zero-order valence-electron chi connectivity index (χ0n) is 17.4. The first-order valence-electron chi connectivity index (χ1n) is 9.97. The van der Waals surface area contributed by atoms with E-state index in [0.29, 0.717) is 17.7 Å². The van der Waals surface area contributed by atoms with E-state index in [9.17, 15) is 9.59 Å². The molecule has 0 aliphatic rings. The molecule has 2 N–H and O–H groups in total. The highest BCUT2D eigenvalue weighted by Gasteiger charge is 2.18. The molecule has 0 spiro atoms. The zero-order chi connectivity index (χ0) is 21.5. The maximum atomic E-state index is 12.7. The van der Waals surface area contributed by atoms with Crippen LogP contribution in [0.4, 0.5) is 11.4 Å². The van der Waals surface area contributed by atoms with Crippen LogP contribution in [0, 0.1) is 13.8 Å². The topological polar surface area (TPSA) is 58.2 Å². The smallest absolute Gasteiger partial charge is 0.255 e. The van der Waals surface area contributed by atoms with Gasteiger partial charge in [-0.25, -0.2) is 0 Å². The summed E-state index contributed by atoms with van der Waals surface area (Å²) in [5.41, 5.74) is 4.20. The Hall–Kier alpha value is -3.05. The molecular formula is C25H26N2O2S. The third-order valence-electron chi connectivity index (χ3n) is 4.71. The van der Waals surface area contributed by atoms with Crippen LogP contribution in [0.5, 0.6) is 0 Å². The van der Waals surface area contributed by atoms with Crippen LogP contribution in [0.25, 0.3) is 0 Å². The van der Waals surface area contributed by atoms with Crippen LogP contribution >= 0.6 is 11.8 Å². The molecule has 0 aliphatic heterocycles. The largest absolute Gasteiger partial charge is 0.325 e. The Kier molecular flexibility index (Phi) is 7.31. The monoisotopic (exact) mass is 418 g/mol. The number of amides is 2. The highest BCUT2D eigenvalue weighted by molar-refractivity contribution is 8.00. The Morgan fingerprint density at radius 1 is 0.867 bits per heavy atom. The lowest BCUT2D eigenvalue weighted by Crippen LogP contribution is -2.24. The lowest BCUT2D eigenvalue weighted by molar-refractivity contribution is -0.115. The minimum absolute atomic E-state index is 0.0255. The molecule has 30 heavy (non-hydrogen) atoms. The van der Waals surface area contributed by atoms with Crippen LogP contribution in [0.3, 0.4) is 0 Å². The number of hydrogen-bond donors (Lipinski definition) is 2. The number of thioether (sulfide) groups is 1. The Morgan fingerprint density at radius 2 is 1.57 bits per heavy atom. The number of aryl methyl sites for hydroxylation is 2. The first-order chi connectivity index (χ1) is 14.5. The van der Waals surface area contributed by atoms with Crippen molar-refractivity contribution in [1.82, 2.24) is 0 Å². The molecule has 1 unspecified atom stereocenters. The van der Waals surface area contributed by atoms with E-state index in [1.165, 1.54) is 11.8 Å². The van der Waals surface area contributed by atoms with E-state index in [1.807, 2.05) is 93.6 Å². The predicted octanol–water partition coefficient (Wildman–Crippen LogP) is 6.07. The summed E-state index contributed by atoms with van der Waals surface area (Å²) in [5.74, 6) is -0.165. The summed E-state index contributed by atoms with van der Waals surface area (Å²) in [5, 5.41) is 5.72. The number of carbonyl (C=O) groups is 2. The number of benzene rings is 3. The third-order valence-corrected chi connectivity index (χ3v) is 6.07. The minimum Gasteiger partial charge on any atom is -0.325 e. The van der Waals surface area contributed by atoms with Crippen LogP contribution in [0.2, 0.25) is 0 Å². The van der Waals surface area contributed by atoms with Gasteiger partial charge in [-0.05, 0) is 67.8 Å². The number of rotatable bonds is 7. The fraction of sp³-hybridized carbons (Fsp3) is 0.200. The van der Waals surface area contributed by atoms with Crippen molar-refractivity contribution in [3.05, 3.63) is 89.5 Å². The van der Waals surface area contributed by atoms with Gasteiger partial charge in [0, 0.05) is 21.8 Å². The van der Waals surface area contributed by atoms with Gasteiger partial charge in [-0.3, -0.25) is 9.59 Å². The summed E-state index contributed by atoms with van der Waals surface area (Å²) in [4.78, 5) is 26.3. The van der Waals surface area contributed by atoms with Gasteiger partial charge in [0.25, 0.3) is 5.91 Å². The average Bonchev–Trinajstić information content (AvgIpc) is 2.72. The molecule has 0 heterocycles. The molecule has 3 aromatic rings. The van der Waals surface area contributed by atoms with Gasteiger partial charge in [0.1, 0.15) is 0 Å². The van der Waals surface area contributed by atoms with E-state index < -0.39 is 0 Å². The van der Waals surface area contributed by atoms with E-state index in [4.69, 9.17) is 0 Å². The average molecular weight is 419 g/mol. The van der Waals surface area contributed by atoms with Gasteiger partial charge in [-0.2, -0.15) is 0 Å². The Bertz CT molecular complexity index is 1050. The molecule has 4 nitrogen and oxygen atoms in total. The maximum Gasteiger partial charge on any atom is 0.255 e. The van der Waals surface area contributed by atoms with Crippen molar-refractivity contribution in [2.45, 2.75) is 37.3 Å². The van der Waals surface area contributed by atoms with Gasteiger partial charge in [-0.1, -0.05) is 43.3 Å². The lowest BCUT2D eigenvalue weighted by Gasteiger charge is -2.16. The minimum atomic E-state index is -0.229. The maximum absolute atomic E-state index is 12.7. The molecule has 0 fully saturated rings. The zero-order valence-corrected chi connectivity index (χ0v) is 18.3. The van der Waals surface area contributed by atoms with Gasteiger partial charge < -0.3 is 10.6 Å². The molecule has 3 aromatic carbocycles. The molecule has 0 saturated carbocycles. The first kappa shape index (κ1) is 21.7. The lowest BCUT2D eigenvalue weighted by atomic mass is 10.1. The van der Waals surface area contributed by atoms with Crippen molar-refractivity contribution in [3.8, 4) is 0 Å². The summed E-state index contributed by atoms with van der Waals surface area (Å²) in [7, 11) is 0. The molecule has 154 valence electrons. The Labute approximate surface area is 182 Å². The van der Waals surface area contributed by atoms with Crippen molar-refractivity contribution < 1.29 is 9.59 Å². The molecule has 1 atom stereocenters. The summed E-state index contributed by atoms with van der Waals surface area (Å²) in [6.45, 7) is 5.91. The molecule has 0 bridgehead atoms. The van der Waals surface area contributed by atoms with Crippen molar-refractivity contribution >= 4 is 35.0 Å². The van der Waals surface area contributed by atoms with E-state index in [2.05, 4.69) is 10.6 Å². The molecule has 2 amide bonds. The van der Waals surface area contributed by atoms with Gasteiger partial charge in [0.05, 0.1) is 5.25 Å². The van der Waals surface area contributed by atoms with Crippen molar-refractivity contribution in [1.29, 1.82) is 0 Å². The fourth-order valence-electron chi connectivity index (χ4n) is 3.11. The second-order valence-corrected chi connectivity index (χ2v) is 8.45. The molecular weight excluding hydrogens is 392 g/mol. The van der Waals surface area contributed by atoms with Gasteiger partial charge >= 0.3 is 0 Å². The quantitative estimate of drug-likeness (QED) is 0.458. The normalized spacial score (nSPS) is 11.6. The first-order valence-corrected chi connectivity index (χ1v) is 10.9. The molecule has 0 aliphatic carbocycles. The van der Waals surface area contributed by atoms with Gasteiger partial charge in [0.15, 0.2) is 0 Å². The van der Waals surface area contributed by atoms with E-state index in [1.54, 1.807) is 0 Å². The number of anilines is 2. The molecule has 0 aromatic heterocycles. The standard InChI is InChI=1S/C25H26N2O2S/c1-4-23(25(29)27-19-11-7-9-17(2)15-19)30-21-13-8-12-20(16-21)26-24(28)22-14-6-5-10-18(22)3/h5-16,23H,4H2,1-3H3,(H,26,28)(H,27,29). The third kappa shape index (κ3) is 5.74. The van der Waals surface area contributed by atoms with E-state index >= 15 is 0 Å². The Morgan fingerprint density at radius 3 is 2.27 bits per heavy atom. The van der Waals surface area contributed by atoms with Crippen LogP contribution in [0.15, 0.2) is 77.7 Å². The van der Waals surface area contributed by atoms with Crippen molar-refractivity contribution in [2.75, 3.05) is 10.6 Å². The van der Waals surface area contributed by atoms with Crippen LogP contribution in [-0.4, -0.2) is 17.1 Å². The summed E-state index contributed by atoms with van der Waals surface area (Å²) in [6, 6.07) is 22.9. The SMILES string of the molecule is CCC(Sc1cccc(NC(=O)c2ccccc2C)c1)C(=O)Nc1cccc(C)c1. The van der Waals surface area contributed by atoms with Gasteiger partial charge in [-0.15, -0.1) is 11.8 Å². The molecule has 5 heteroatoms.